The maximum Gasteiger partial charge on any atom is 0.229 e. The summed E-state index contributed by atoms with van der Waals surface area (Å²) >= 11 is 0. The van der Waals surface area contributed by atoms with Gasteiger partial charge >= 0.3 is 0 Å². The van der Waals surface area contributed by atoms with Gasteiger partial charge in [-0.2, -0.15) is 5.10 Å². The lowest BCUT2D eigenvalue weighted by atomic mass is 10.1. The highest BCUT2D eigenvalue weighted by atomic mass is 19.1. The Bertz CT molecular complexity index is 756. The SMILES string of the molecule is CC(C)CNC(=O)[C@@H]1CC(=O)N(c2n[nH]c3cccc(F)c23)C1. The third kappa shape index (κ3) is 2.91. The third-order valence-corrected chi connectivity index (χ3v) is 3.96. The van der Waals surface area contributed by atoms with Crippen LogP contribution in [0.5, 0.6) is 0 Å². The van der Waals surface area contributed by atoms with Crippen LogP contribution in [-0.4, -0.2) is 35.1 Å². The molecule has 0 aliphatic carbocycles. The van der Waals surface area contributed by atoms with Gasteiger partial charge in [0.05, 0.1) is 16.8 Å². The molecule has 3 rings (SSSR count). The van der Waals surface area contributed by atoms with Crippen LogP contribution in [-0.2, 0) is 9.59 Å². The highest BCUT2D eigenvalue weighted by Crippen LogP contribution is 2.31. The van der Waals surface area contributed by atoms with E-state index in [9.17, 15) is 14.0 Å². The van der Waals surface area contributed by atoms with Crippen LogP contribution in [0.25, 0.3) is 10.9 Å². The largest absolute Gasteiger partial charge is 0.356 e. The molecule has 0 saturated carbocycles. The monoisotopic (exact) mass is 318 g/mol. The molecule has 7 heteroatoms. The van der Waals surface area contributed by atoms with E-state index >= 15 is 0 Å². The number of aromatic amines is 1. The van der Waals surface area contributed by atoms with Crippen LogP contribution < -0.4 is 10.2 Å². The van der Waals surface area contributed by atoms with E-state index in [-0.39, 0.29) is 36.0 Å². The number of nitrogens with zero attached hydrogens (tertiary/aromatic N) is 2. The maximum atomic E-state index is 14.0. The molecule has 2 amide bonds. The lowest BCUT2D eigenvalue weighted by Crippen LogP contribution is -2.35. The lowest BCUT2D eigenvalue weighted by molar-refractivity contribution is -0.126. The van der Waals surface area contributed by atoms with Gasteiger partial charge < -0.3 is 5.32 Å². The summed E-state index contributed by atoms with van der Waals surface area (Å²) in [6, 6.07) is 4.60. The molecule has 1 aromatic heterocycles. The molecular weight excluding hydrogens is 299 g/mol. The van der Waals surface area contributed by atoms with Gasteiger partial charge in [0.2, 0.25) is 11.8 Å². The number of H-pyrrole nitrogens is 1. The van der Waals surface area contributed by atoms with Crippen molar-refractivity contribution in [1.29, 1.82) is 0 Å². The molecule has 0 spiro atoms. The zero-order chi connectivity index (χ0) is 16.6. The molecule has 1 aromatic carbocycles. The zero-order valence-corrected chi connectivity index (χ0v) is 13.1. The molecule has 1 fully saturated rings. The van der Waals surface area contributed by atoms with Crippen LogP contribution in [0, 0.1) is 17.7 Å². The van der Waals surface area contributed by atoms with Crippen molar-refractivity contribution >= 4 is 28.5 Å². The van der Waals surface area contributed by atoms with Gasteiger partial charge in [0.1, 0.15) is 5.82 Å². The molecule has 0 bridgehead atoms. The lowest BCUT2D eigenvalue weighted by Gasteiger charge is -2.15. The first-order valence-corrected chi connectivity index (χ1v) is 7.68. The summed E-state index contributed by atoms with van der Waals surface area (Å²) in [6.45, 7) is 4.80. The zero-order valence-electron chi connectivity index (χ0n) is 13.1. The minimum atomic E-state index is -0.438. The minimum Gasteiger partial charge on any atom is -0.356 e. The Morgan fingerprint density at radius 3 is 3.04 bits per heavy atom. The Morgan fingerprint density at radius 1 is 1.52 bits per heavy atom. The van der Waals surface area contributed by atoms with Crippen molar-refractivity contribution in [1.82, 2.24) is 15.5 Å². The van der Waals surface area contributed by atoms with E-state index in [0.717, 1.165) is 0 Å². The smallest absolute Gasteiger partial charge is 0.229 e. The highest BCUT2D eigenvalue weighted by molar-refractivity contribution is 6.05. The first-order chi connectivity index (χ1) is 11.0. The highest BCUT2D eigenvalue weighted by Gasteiger charge is 2.37. The molecule has 2 heterocycles. The maximum absolute atomic E-state index is 14.0. The van der Waals surface area contributed by atoms with Gasteiger partial charge in [0.25, 0.3) is 0 Å². The third-order valence-electron chi connectivity index (χ3n) is 3.96. The van der Waals surface area contributed by atoms with Crippen molar-refractivity contribution in [2.24, 2.45) is 11.8 Å². The summed E-state index contributed by atoms with van der Waals surface area (Å²) < 4.78 is 14.0. The van der Waals surface area contributed by atoms with E-state index in [1.54, 1.807) is 12.1 Å². The van der Waals surface area contributed by atoms with Crippen LogP contribution >= 0.6 is 0 Å². The number of hydrogen-bond acceptors (Lipinski definition) is 3. The molecule has 23 heavy (non-hydrogen) atoms. The fourth-order valence-corrected chi connectivity index (χ4v) is 2.75. The van der Waals surface area contributed by atoms with Crippen LogP contribution in [0.2, 0.25) is 0 Å². The number of carbonyl (C=O) groups excluding carboxylic acids is 2. The predicted molar refractivity (Wildman–Crippen MR) is 84.4 cm³/mol. The van der Waals surface area contributed by atoms with Gasteiger partial charge in [0.15, 0.2) is 5.82 Å². The van der Waals surface area contributed by atoms with Gasteiger partial charge in [-0.05, 0) is 18.1 Å². The summed E-state index contributed by atoms with van der Waals surface area (Å²) in [6.07, 6.45) is 0.118. The van der Waals surface area contributed by atoms with E-state index in [4.69, 9.17) is 0 Å². The number of hydrogen-bond donors (Lipinski definition) is 2. The Hall–Kier alpha value is -2.44. The Morgan fingerprint density at radius 2 is 2.30 bits per heavy atom. The predicted octanol–water partition coefficient (Wildman–Crippen LogP) is 1.83. The first kappa shape index (κ1) is 15.5. The number of fused-ring (bicyclic) bond motifs is 1. The van der Waals surface area contributed by atoms with Crippen molar-refractivity contribution in [3.05, 3.63) is 24.0 Å². The van der Waals surface area contributed by atoms with Gasteiger partial charge in [0, 0.05) is 19.5 Å². The molecule has 2 N–H and O–H groups in total. The van der Waals surface area contributed by atoms with Crippen LogP contribution in [0.1, 0.15) is 20.3 Å². The fourth-order valence-electron chi connectivity index (χ4n) is 2.75. The molecule has 2 aromatic rings. The second-order valence-electron chi connectivity index (χ2n) is 6.25. The van der Waals surface area contributed by atoms with Crippen molar-refractivity contribution in [3.63, 3.8) is 0 Å². The van der Waals surface area contributed by atoms with Gasteiger partial charge in [-0.1, -0.05) is 19.9 Å². The molecule has 6 nitrogen and oxygen atoms in total. The number of rotatable bonds is 4. The molecule has 1 aliphatic heterocycles. The summed E-state index contributed by atoms with van der Waals surface area (Å²) in [5.41, 5.74) is 0.528. The van der Waals surface area contributed by atoms with Crippen molar-refractivity contribution < 1.29 is 14.0 Å². The van der Waals surface area contributed by atoms with Crippen LogP contribution in [0.3, 0.4) is 0 Å². The molecule has 1 atom stereocenters. The minimum absolute atomic E-state index is 0.118. The standard InChI is InChI=1S/C16H19FN4O2/c1-9(2)7-18-16(23)10-6-13(22)21(8-10)15-14-11(17)4-3-5-12(14)19-20-15/h3-5,9-10H,6-8H2,1-2H3,(H,18,23)(H,19,20)/t10-/m1/s1. The topological polar surface area (TPSA) is 78.1 Å². The second-order valence-corrected chi connectivity index (χ2v) is 6.25. The number of amides is 2. The van der Waals surface area contributed by atoms with Crippen LogP contribution in [0.4, 0.5) is 10.2 Å². The Labute approximate surface area is 133 Å². The van der Waals surface area contributed by atoms with Crippen molar-refractivity contribution in [2.45, 2.75) is 20.3 Å². The molecule has 0 radical (unpaired) electrons. The van der Waals surface area contributed by atoms with Gasteiger partial charge in [-0.3, -0.25) is 19.6 Å². The summed E-state index contributed by atoms with van der Waals surface area (Å²) in [4.78, 5) is 25.8. The van der Waals surface area contributed by atoms with Crippen LogP contribution in [0.15, 0.2) is 18.2 Å². The average molecular weight is 318 g/mol. The van der Waals surface area contributed by atoms with Crippen molar-refractivity contribution in [2.75, 3.05) is 18.0 Å². The Balaban J connectivity index is 1.81. The van der Waals surface area contributed by atoms with E-state index in [0.29, 0.717) is 18.0 Å². The summed E-state index contributed by atoms with van der Waals surface area (Å²) in [5, 5.41) is 9.91. The molecular formula is C16H19FN4O2. The second kappa shape index (κ2) is 5.98. The first-order valence-electron chi connectivity index (χ1n) is 7.68. The average Bonchev–Trinajstić information content (AvgIpc) is 3.09. The number of anilines is 1. The van der Waals surface area contributed by atoms with E-state index in [1.165, 1.54) is 11.0 Å². The molecule has 1 saturated heterocycles. The van der Waals surface area contributed by atoms with E-state index < -0.39 is 11.7 Å². The van der Waals surface area contributed by atoms with E-state index in [2.05, 4.69) is 15.5 Å². The number of halogens is 1. The van der Waals surface area contributed by atoms with Crippen molar-refractivity contribution in [3.8, 4) is 0 Å². The fraction of sp³-hybridized carbons (Fsp3) is 0.438. The number of carbonyl (C=O) groups is 2. The van der Waals surface area contributed by atoms with Gasteiger partial charge in [-0.25, -0.2) is 4.39 Å². The quantitative estimate of drug-likeness (QED) is 0.903. The number of benzene rings is 1. The summed E-state index contributed by atoms with van der Waals surface area (Å²) in [7, 11) is 0. The van der Waals surface area contributed by atoms with Gasteiger partial charge in [-0.15, -0.1) is 0 Å². The molecule has 122 valence electrons. The number of aromatic nitrogens is 2. The summed E-state index contributed by atoms with van der Waals surface area (Å²) in [5.74, 6) is -0.633. The molecule has 0 unspecified atom stereocenters. The normalized spacial score (nSPS) is 18.2. The number of nitrogens with one attached hydrogen (secondary N) is 2. The molecule has 1 aliphatic rings. The Kier molecular flexibility index (Phi) is 4.02. The van der Waals surface area contributed by atoms with E-state index in [1.807, 2.05) is 13.8 Å².